The Bertz CT molecular complexity index is 2040. The predicted octanol–water partition coefficient (Wildman–Crippen LogP) is 26.5. The molecule has 0 fully saturated rings. The van der Waals surface area contributed by atoms with E-state index < -0.39 is 97.5 Å². The molecule has 0 aromatic rings. The van der Waals surface area contributed by atoms with Gasteiger partial charge in [0, 0.05) is 25.7 Å². The highest BCUT2D eigenvalue weighted by Crippen LogP contribution is 2.45. The van der Waals surface area contributed by atoms with Crippen LogP contribution in [0.5, 0.6) is 0 Å². The first-order chi connectivity index (χ1) is 51.2. The fraction of sp³-hybridized carbons (Fsp3) is 0.954. The summed E-state index contributed by atoms with van der Waals surface area (Å²) in [7, 11) is -9.93. The van der Waals surface area contributed by atoms with Crippen molar-refractivity contribution in [3.63, 3.8) is 0 Å². The number of esters is 4. The van der Waals surface area contributed by atoms with Gasteiger partial charge in [0.05, 0.1) is 26.4 Å². The molecule has 3 N–H and O–H groups in total. The summed E-state index contributed by atoms with van der Waals surface area (Å²) in [6.07, 6.45) is 67.9. The first kappa shape index (κ1) is 104. The Labute approximate surface area is 651 Å². The number of hydrogen-bond acceptors (Lipinski definition) is 15. The van der Waals surface area contributed by atoms with E-state index in [1.807, 2.05) is 0 Å². The third-order valence-corrected chi connectivity index (χ3v) is 22.3. The Morgan fingerprint density at radius 2 is 0.434 bits per heavy atom. The van der Waals surface area contributed by atoms with Gasteiger partial charge in [-0.05, 0) is 43.4 Å². The maximum Gasteiger partial charge on any atom is 0.472 e. The molecule has 0 aliphatic carbocycles. The van der Waals surface area contributed by atoms with E-state index >= 15 is 0 Å². The number of phosphoric acid groups is 2. The lowest BCUT2D eigenvalue weighted by Gasteiger charge is -2.21. The van der Waals surface area contributed by atoms with E-state index in [0.717, 1.165) is 108 Å². The largest absolute Gasteiger partial charge is 0.472 e. The van der Waals surface area contributed by atoms with Crippen LogP contribution in [0.3, 0.4) is 0 Å². The number of unbranched alkanes of at least 4 members (excludes halogenated alkanes) is 53. The van der Waals surface area contributed by atoms with Gasteiger partial charge in [0.15, 0.2) is 12.2 Å². The third kappa shape index (κ3) is 80.1. The lowest BCUT2D eigenvalue weighted by Crippen LogP contribution is -2.30. The molecule has 19 heteroatoms. The number of carbonyl (C=O) groups is 4. The van der Waals surface area contributed by atoms with Crippen molar-refractivity contribution in [3.05, 3.63) is 0 Å². The Morgan fingerprint density at radius 3 is 0.642 bits per heavy atom. The topological polar surface area (TPSA) is 237 Å². The number of phosphoric ester groups is 2. The smallest absolute Gasteiger partial charge is 0.462 e. The summed E-state index contributed by atoms with van der Waals surface area (Å²) in [6.45, 7) is 12.1. The number of hydrogen-bond donors (Lipinski definition) is 3. The summed E-state index contributed by atoms with van der Waals surface area (Å²) in [5, 5.41) is 10.7. The summed E-state index contributed by atoms with van der Waals surface area (Å²) in [4.78, 5) is 73.3. The first-order valence-corrected chi connectivity index (χ1v) is 47.8. The van der Waals surface area contributed by atoms with Crippen molar-refractivity contribution in [2.75, 3.05) is 39.6 Å². The van der Waals surface area contributed by atoms with E-state index in [2.05, 4.69) is 48.5 Å². The average molecular weight is 1550 g/mol. The van der Waals surface area contributed by atoms with Crippen molar-refractivity contribution in [2.24, 2.45) is 17.8 Å². The van der Waals surface area contributed by atoms with Gasteiger partial charge in [0.2, 0.25) is 0 Å². The summed E-state index contributed by atoms with van der Waals surface area (Å²) in [5.41, 5.74) is 0. The van der Waals surface area contributed by atoms with Crippen molar-refractivity contribution in [3.8, 4) is 0 Å². The SMILES string of the molecule is CCCCCCCCCCCCCCC(=O)OC[C@H](COP(=O)(O)OC[C@H](O)COP(=O)(O)OC[C@@H](COC(=O)CCCCCCCCCCCCCCCCCC(C)C)OC(=O)CCCCCCCCCCCCCCCCCC(C)C)OC(=O)CCCCCCCCCCCCCCCCCC(C)C. The number of ether oxygens (including phenoxy) is 4. The van der Waals surface area contributed by atoms with Crippen LogP contribution in [0.4, 0.5) is 0 Å². The molecular weight excluding hydrogens is 1380 g/mol. The van der Waals surface area contributed by atoms with Gasteiger partial charge in [0.1, 0.15) is 19.3 Å². The maximum absolute atomic E-state index is 13.2. The van der Waals surface area contributed by atoms with Crippen LogP contribution < -0.4 is 0 Å². The van der Waals surface area contributed by atoms with Crippen LogP contribution in [0, 0.1) is 17.8 Å². The van der Waals surface area contributed by atoms with Crippen LogP contribution in [0.2, 0.25) is 0 Å². The van der Waals surface area contributed by atoms with E-state index in [1.54, 1.807) is 0 Å². The van der Waals surface area contributed by atoms with Crippen molar-refractivity contribution in [1.82, 2.24) is 0 Å². The maximum atomic E-state index is 13.2. The lowest BCUT2D eigenvalue weighted by atomic mass is 10.0. The summed E-state index contributed by atoms with van der Waals surface area (Å²) >= 11 is 0. The average Bonchev–Trinajstić information content (AvgIpc) is 0.899. The van der Waals surface area contributed by atoms with Gasteiger partial charge in [-0.25, -0.2) is 9.13 Å². The van der Waals surface area contributed by atoms with Crippen LogP contribution in [-0.4, -0.2) is 96.7 Å². The fourth-order valence-corrected chi connectivity index (χ4v) is 15.1. The molecular formula is C87H170O17P2. The minimum absolute atomic E-state index is 0.108. The zero-order valence-corrected chi connectivity index (χ0v) is 71.7. The van der Waals surface area contributed by atoms with E-state index in [9.17, 15) is 43.2 Å². The highest BCUT2D eigenvalue weighted by Gasteiger charge is 2.30. The molecule has 17 nitrogen and oxygen atoms in total. The summed E-state index contributed by atoms with van der Waals surface area (Å²) in [6, 6.07) is 0. The molecule has 0 aliphatic heterocycles. The fourth-order valence-electron chi connectivity index (χ4n) is 13.5. The van der Waals surface area contributed by atoms with E-state index in [-0.39, 0.29) is 25.7 Å². The minimum atomic E-state index is -4.97. The van der Waals surface area contributed by atoms with Crippen LogP contribution in [0.1, 0.15) is 459 Å². The molecule has 0 amide bonds. The van der Waals surface area contributed by atoms with Gasteiger partial charge in [-0.15, -0.1) is 0 Å². The Hall–Kier alpha value is -1.94. The van der Waals surface area contributed by atoms with Crippen LogP contribution in [-0.2, 0) is 65.4 Å². The second-order valence-corrected chi connectivity index (χ2v) is 35.6. The standard InChI is InChI=1S/C87H170O17P2/c1-8-9-10-11-12-13-14-33-40-47-54-61-68-84(89)97-74-82(103-86(91)70-63-56-49-42-35-28-22-16-19-25-31-38-45-52-59-66-79(4)5)76-101-105(93,94)99-72-81(88)73-100-106(95,96)102-77-83(104-87(92)71-64-57-50-43-36-29-23-17-20-26-32-39-46-53-60-67-80(6)7)75-98-85(90)69-62-55-48-41-34-27-21-15-18-24-30-37-44-51-58-65-78(2)3/h78-83,88H,8-77H2,1-7H3,(H,93,94)(H,95,96)/t81-,82+,83+/m0/s1. The summed E-state index contributed by atoms with van der Waals surface area (Å²) < 4.78 is 69.0. The van der Waals surface area contributed by atoms with E-state index in [1.165, 1.54) is 270 Å². The second kappa shape index (κ2) is 77.0. The van der Waals surface area contributed by atoms with Gasteiger partial charge < -0.3 is 33.8 Å². The molecule has 2 unspecified atom stereocenters. The second-order valence-electron chi connectivity index (χ2n) is 32.7. The van der Waals surface area contributed by atoms with Gasteiger partial charge in [-0.3, -0.25) is 37.3 Å². The Balaban J connectivity index is 5.26. The molecule has 0 saturated heterocycles. The normalized spacial score (nSPS) is 13.9. The molecule has 106 heavy (non-hydrogen) atoms. The number of aliphatic hydroxyl groups is 1. The Morgan fingerprint density at radius 1 is 0.255 bits per heavy atom. The quantitative estimate of drug-likeness (QED) is 0.0222. The predicted molar refractivity (Wildman–Crippen MR) is 437 cm³/mol. The van der Waals surface area contributed by atoms with Crippen LogP contribution in [0.25, 0.3) is 0 Å². The summed E-state index contributed by atoms with van der Waals surface area (Å²) in [5.74, 6) is 0.311. The van der Waals surface area contributed by atoms with Gasteiger partial charge in [0.25, 0.3) is 0 Å². The van der Waals surface area contributed by atoms with E-state index in [4.69, 9.17) is 37.0 Å². The van der Waals surface area contributed by atoms with Crippen molar-refractivity contribution >= 4 is 39.5 Å². The molecule has 0 aliphatic rings. The monoisotopic (exact) mass is 1550 g/mol. The van der Waals surface area contributed by atoms with Gasteiger partial charge >= 0.3 is 39.5 Å². The lowest BCUT2D eigenvalue weighted by molar-refractivity contribution is -0.161. The van der Waals surface area contributed by atoms with Gasteiger partial charge in [-0.2, -0.15) is 0 Å². The van der Waals surface area contributed by atoms with Crippen molar-refractivity contribution in [1.29, 1.82) is 0 Å². The molecule has 0 aromatic heterocycles. The molecule has 5 atom stereocenters. The van der Waals surface area contributed by atoms with Crippen LogP contribution >= 0.6 is 15.6 Å². The highest BCUT2D eigenvalue weighted by atomic mass is 31.2. The molecule has 0 aromatic carbocycles. The van der Waals surface area contributed by atoms with E-state index in [0.29, 0.717) is 25.7 Å². The van der Waals surface area contributed by atoms with Crippen LogP contribution in [0.15, 0.2) is 0 Å². The number of carbonyl (C=O) groups excluding carboxylic acids is 4. The molecule has 0 saturated carbocycles. The van der Waals surface area contributed by atoms with Crippen molar-refractivity contribution < 1.29 is 80.2 Å². The van der Waals surface area contributed by atoms with Gasteiger partial charge in [-0.1, -0.05) is 408 Å². The molecule has 630 valence electrons. The molecule has 0 bridgehead atoms. The zero-order valence-electron chi connectivity index (χ0n) is 69.9. The third-order valence-electron chi connectivity index (χ3n) is 20.4. The molecule has 0 radical (unpaired) electrons. The van der Waals surface area contributed by atoms with Crippen molar-refractivity contribution in [2.45, 2.75) is 478 Å². The molecule has 0 heterocycles. The molecule has 0 rings (SSSR count). The molecule has 0 spiro atoms. The first-order valence-electron chi connectivity index (χ1n) is 44.8. The highest BCUT2D eigenvalue weighted by molar-refractivity contribution is 7.47. The Kier molecular flexibility index (Phi) is 75.6. The number of aliphatic hydroxyl groups excluding tert-OH is 1. The number of rotatable bonds is 85. The minimum Gasteiger partial charge on any atom is -0.462 e. The zero-order chi connectivity index (χ0) is 77.9.